The van der Waals surface area contributed by atoms with E-state index in [0.29, 0.717) is 28.2 Å². The first kappa shape index (κ1) is 23.9. The summed E-state index contributed by atoms with van der Waals surface area (Å²) in [5.74, 6) is -0.644. The van der Waals surface area contributed by atoms with Crippen LogP contribution in [0.2, 0.25) is 0 Å². The number of carbonyl (C=O) groups excluding carboxylic acids is 2. The van der Waals surface area contributed by atoms with Crippen LogP contribution in [-0.2, 0) is 9.53 Å². The SMILES string of the molecule is CC1=C(C(=O)Cl)C(c2ccc(O)c(C#N)c2)Nc2ccc(C(=O)OC(C)c3ccccc3)cc2N1. The zero-order chi connectivity index (χ0) is 25.1. The van der Waals surface area contributed by atoms with Crippen LogP contribution in [0.25, 0.3) is 0 Å². The number of phenols is 1. The van der Waals surface area contributed by atoms with Crippen molar-refractivity contribution in [1.29, 1.82) is 5.26 Å². The number of esters is 1. The highest BCUT2D eigenvalue weighted by atomic mass is 35.5. The standard InChI is InChI=1S/C27H22ClN3O4/c1-15-24(26(28)33)25(18-9-11-23(32)20(12-18)14-29)31-21-10-8-19(13-22(21)30-15)27(34)35-16(2)17-6-4-3-5-7-17/h3-13,16,25,30-32H,1-2H3. The van der Waals surface area contributed by atoms with Crippen molar-refractivity contribution in [2.45, 2.75) is 26.0 Å². The van der Waals surface area contributed by atoms with Gasteiger partial charge in [0.05, 0.1) is 34.1 Å². The Morgan fingerprint density at radius 2 is 1.83 bits per heavy atom. The Hall–Kier alpha value is -4.28. The second kappa shape index (κ2) is 9.92. The fraction of sp³-hybridized carbons (Fsp3) is 0.148. The number of allylic oxidation sites excluding steroid dienone is 1. The van der Waals surface area contributed by atoms with Crippen LogP contribution in [0.3, 0.4) is 0 Å². The lowest BCUT2D eigenvalue weighted by atomic mass is 9.96. The number of nitrogens with one attached hydrogen (secondary N) is 2. The molecule has 7 nitrogen and oxygen atoms in total. The molecule has 2 atom stereocenters. The number of hydrogen-bond donors (Lipinski definition) is 3. The van der Waals surface area contributed by atoms with E-state index in [4.69, 9.17) is 16.3 Å². The molecule has 2 unspecified atom stereocenters. The summed E-state index contributed by atoms with van der Waals surface area (Å²) >= 11 is 5.95. The normalized spacial score (nSPS) is 15.5. The van der Waals surface area contributed by atoms with Gasteiger partial charge in [0.1, 0.15) is 17.9 Å². The summed E-state index contributed by atoms with van der Waals surface area (Å²) in [5, 5.41) is 25.0. The molecule has 1 aliphatic rings. The van der Waals surface area contributed by atoms with E-state index in [1.807, 2.05) is 36.4 Å². The molecular formula is C27H22ClN3O4. The minimum atomic E-state index is -0.697. The van der Waals surface area contributed by atoms with Gasteiger partial charge in [-0.25, -0.2) is 4.79 Å². The molecule has 0 spiro atoms. The second-order valence-electron chi connectivity index (χ2n) is 8.12. The molecule has 0 aromatic heterocycles. The van der Waals surface area contributed by atoms with Crippen molar-refractivity contribution in [3.05, 3.63) is 100 Å². The number of nitrogens with zero attached hydrogens (tertiary/aromatic N) is 1. The zero-order valence-electron chi connectivity index (χ0n) is 19.0. The number of ether oxygens (including phenoxy) is 1. The van der Waals surface area contributed by atoms with Crippen molar-refractivity contribution in [3.63, 3.8) is 0 Å². The van der Waals surface area contributed by atoms with Crippen molar-refractivity contribution in [2.24, 2.45) is 0 Å². The van der Waals surface area contributed by atoms with Crippen LogP contribution in [0, 0.1) is 11.3 Å². The van der Waals surface area contributed by atoms with Gasteiger partial charge in [-0.15, -0.1) is 0 Å². The average molecular weight is 488 g/mol. The summed E-state index contributed by atoms with van der Waals surface area (Å²) < 4.78 is 5.63. The van der Waals surface area contributed by atoms with Gasteiger partial charge in [-0.3, -0.25) is 4.79 Å². The van der Waals surface area contributed by atoms with Crippen LogP contribution >= 0.6 is 11.6 Å². The molecule has 0 aliphatic carbocycles. The summed E-state index contributed by atoms with van der Waals surface area (Å²) in [4.78, 5) is 25.2. The Morgan fingerprint density at radius 3 is 2.51 bits per heavy atom. The highest BCUT2D eigenvalue weighted by Gasteiger charge is 2.29. The number of phenolic OH excluding ortho intramolecular Hbond substituents is 1. The molecule has 176 valence electrons. The molecule has 35 heavy (non-hydrogen) atoms. The smallest absolute Gasteiger partial charge is 0.338 e. The Balaban J connectivity index is 1.67. The molecule has 0 fully saturated rings. The molecule has 4 rings (SSSR count). The molecule has 0 bridgehead atoms. The van der Waals surface area contributed by atoms with Gasteiger partial charge in [0.25, 0.3) is 5.24 Å². The number of fused-ring (bicyclic) bond motifs is 1. The van der Waals surface area contributed by atoms with E-state index in [1.54, 1.807) is 38.1 Å². The Kier molecular flexibility index (Phi) is 6.76. The van der Waals surface area contributed by atoms with Gasteiger partial charge in [-0.05, 0) is 66.9 Å². The number of aromatic hydroxyl groups is 1. The topological polar surface area (TPSA) is 111 Å². The van der Waals surface area contributed by atoms with E-state index < -0.39 is 23.4 Å². The molecule has 1 heterocycles. The molecule has 0 saturated carbocycles. The molecule has 3 aromatic rings. The summed E-state index contributed by atoms with van der Waals surface area (Å²) in [5.41, 5.74) is 3.76. The minimum Gasteiger partial charge on any atom is -0.507 e. The van der Waals surface area contributed by atoms with Gasteiger partial charge >= 0.3 is 5.97 Å². The molecule has 3 aromatic carbocycles. The van der Waals surface area contributed by atoms with Gasteiger partial charge < -0.3 is 20.5 Å². The summed E-state index contributed by atoms with van der Waals surface area (Å²) in [7, 11) is 0. The average Bonchev–Trinajstić information content (AvgIpc) is 2.99. The van der Waals surface area contributed by atoms with Crippen LogP contribution in [0.4, 0.5) is 11.4 Å². The van der Waals surface area contributed by atoms with Gasteiger partial charge in [-0.1, -0.05) is 36.4 Å². The quantitative estimate of drug-likeness (QED) is 0.308. The van der Waals surface area contributed by atoms with Gasteiger partial charge in [0.15, 0.2) is 0 Å². The van der Waals surface area contributed by atoms with Gasteiger partial charge in [0.2, 0.25) is 0 Å². The van der Waals surface area contributed by atoms with E-state index in [0.717, 1.165) is 5.56 Å². The van der Waals surface area contributed by atoms with Crippen molar-refractivity contribution in [2.75, 3.05) is 10.6 Å². The van der Waals surface area contributed by atoms with Crippen LogP contribution in [-0.4, -0.2) is 16.3 Å². The molecule has 0 saturated heterocycles. The predicted octanol–water partition coefficient (Wildman–Crippen LogP) is 5.80. The number of rotatable bonds is 5. The number of hydrogen-bond acceptors (Lipinski definition) is 7. The van der Waals surface area contributed by atoms with Crippen molar-refractivity contribution < 1.29 is 19.4 Å². The van der Waals surface area contributed by atoms with Crippen molar-refractivity contribution >= 4 is 34.2 Å². The predicted molar refractivity (Wildman–Crippen MR) is 133 cm³/mol. The van der Waals surface area contributed by atoms with Crippen LogP contribution in [0.15, 0.2) is 78.0 Å². The maximum Gasteiger partial charge on any atom is 0.338 e. The maximum atomic E-state index is 12.8. The monoisotopic (exact) mass is 487 g/mol. The number of halogens is 1. The van der Waals surface area contributed by atoms with Gasteiger partial charge in [-0.2, -0.15) is 5.26 Å². The lowest BCUT2D eigenvalue weighted by molar-refractivity contribution is -0.108. The first-order valence-electron chi connectivity index (χ1n) is 10.9. The van der Waals surface area contributed by atoms with E-state index in [2.05, 4.69) is 10.6 Å². The lowest BCUT2D eigenvalue weighted by Crippen LogP contribution is -2.17. The molecule has 0 radical (unpaired) electrons. The Bertz CT molecular complexity index is 1380. The largest absolute Gasteiger partial charge is 0.507 e. The molecule has 8 heteroatoms. The molecule has 1 aliphatic heterocycles. The maximum absolute atomic E-state index is 12.8. The lowest BCUT2D eigenvalue weighted by Gasteiger charge is -2.21. The molecule has 3 N–H and O–H groups in total. The van der Waals surface area contributed by atoms with E-state index >= 15 is 0 Å². The van der Waals surface area contributed by atoms with E-state index in [1.165, 1.54) is 12.1 Å². The highest BCUT2D eigenvalue weighted by molar-refractivity contribution is 6.68. The number of carbonyl (C=O) groups is 2. The molecule has 0 amide bonds. The molecular weight excluding hydrogens is 466 g/mol. The first-order chi connectivity index (χ1) is 16.8. The third-order valence-corrected chi connectivity index (χ3v) is 6.01. The van der Waals surface area contributed by atoms with Crippen molar-refractivity contribution in [3.8, 4) is 11.8 Å². The summed E-state index contributed by atoms with van der Waals surface area (Å²) in [6.45, 7) is 3.51. The fourth-order valence-electron chi connectivity index (χ4n) is 3.97. The fourth-order valence-corrected chi connectivity index (χ4v) is 4.22. The van der Waals surface area contributed by atoms with Crippen LogP contribution in [0.5, 0.6) is 5.75 Å². The van der Waals surface area contributed by atoms with E-state index in [-0.39, 0.29) is 16.9 Å². The zero-order valence-corrected chi connectivity index (χ0v) is 19.8. The third kappa shape index (κ3) is 4.98. The Morgan fingerprint density at radius 1 is 1.09 bits per heavy atom. The Labute approximate surface area is 207 Å². The number of anilines is 2. The number of benzene rings is 3. The van der Waals surface area contributed by atoms with Crippen molar-refractivity contribution in [1.82, 2.24) is 0 Å². The third-order valence-electron chi connectivity index (χ3n) is 5.81. The van der Waals surface area contributed by atoms with Crippen LogP contribution in [0.1, 0.15) is 53.0 Å². The summed E-state index contributed by atoms with van der Waals surface area (Å²) in [6, 6.07) is 20.2. The van der Waals surface area contributed by atoms with E-state index in [9.17, 15) is 20.0 Å². The number of nitriles is 1. The summed E-state index contributed by atoms with van der Waals surface area (Å²) in [6.07, 6.45) is -0.427. The first-order valence-corrected chi connectivity index (χ1v) is 11.2. The minimum absolute atomic E-state index is 0.0754. The van der Waals surface area contributed by atoms with Gasteiger partial charge in [0, 0.05) is 5.70 Å². The second-order valence-corrected chi connectivity index (χ2v) is 8.46. The van der Waals surface area contributed by atoms with Crippen LogP contribution < -0.4 is 10.6 Å². The highest BCUT2D eigenvalue weighted by Crippen LogP contribution is 2.39.